The molecule has 1 unspecified atom stereocenters. The molecule has 20 heavy (non-hydrogen) atoms. The molecule has 1 aromatic carbocycles. The van der Waals surface area contributed by atoms with Crippen molar-refractivity contribution in [3.8, 4) is 6.07 Å². The van der Waals surface area contributed by atoms with E-state index >= 15 is 0 Å². The summed E-state index contributed by atoms with van der Waals surface area (Å²) in [6.45, 7) is 0.0896. The molecular formula is C11H11ClFN3O3S. The largest absolute Gasteiger partial charge is 0.396 e. The van der Waals surface area contributed by atoms with Crippen LogP contribution in [0, 0.1) is 17.1 Å². The lowest BCUT2D eigenvalue weighted by Crippen LogP contribution is -2.45. The summed E-state index contributed by atoms with van der Waals surface area (Å²) in [5.41, 5.74) is 5.07. The van der Waals surface area contributed by atoms with Crippen LogP contribution in [0.5, 0.6) is 0 Å². The smallest absolute Gasteiger partial charge is 0.244 e. The molecule has 0 bridgehead atoms. The topological polar surface area (TPSA) is 96.4 Å². The highest BCUT2D eigenvalue weighted by Gasteiger charge is 2.32. The summed E-state index contributed by atoms with van der Waals surface area (Å²) < 4.78 is 44.2. The minimum absolute atomic E-state index is 0.0914. The molecule has 9 heteroatoms. The molecular weight excluding hydrogens is 309 g/mol. The molecule has 1 fully saturated rings. The lowest BCUT2D eigenvalue weighted by atomic mass is 10.3. The van der Waals surface area contributed by atoms with Crippen LogP contribution in [0.25, 0.3) is 0 Å². The Morgan fingerprint density at radius 3 is 2.90 bits per heavy atom. The highest BCUT2D eigenvalue weighted by Crippen LogP contribution is 2.29. The normalized spacial score (nSPS) is 20.6. The summed E-state index contributed by atoms with van der Waals surface area (Å²) >= 11 is 5.78. The average Bonchev–Trinajstić information content (AvgIpc) is 2.42. The van der Waals surface area contributed by atoms with Crippen LogP contribution in [0.15, 0.2) is 17.0 Å². The standard InChI is InChI=1S/C11H11ClFN3O3S/c12-8-3-9(13)10(15)4-11(8)20(17,18)16-1-2-19-7(5-14)6-16/h3-4,7H,1-2,6,15H2. The number of halogens is 2. The molecule has 1 heterocycles. The molecule has 0 aromatic heterocycles. The maximum Gasteiger partial charge on any atom is 0.244 e. The molecule has 0 spiro atoms. The zero-order valence-electron chi connectivity index (χ0n) is 10.2. The van der Waals surface area contributed by atoms with Gasteiger partial charge in [-0.2, -0.15) is 9.57 Å². The maximum atomic E-state index is 13.2. The van der Waals surface area contributed by atoms with Crippen molar-refractivity contribution in [3.63, 3.8) is 0 Å². The third kappa shape index (κ3) is 2.71. The molecule has 1 aromatic rings. The van der Waals surface area contributed by atoms with Gasteiger partial charge in [0.05, 0.1) is 29.9 Å². The predicted octanol–water partition coefficient (Wildman–Crippen LogP) is 0.974. The van der Waals surface area contributed by atoms with Crippen LogP contribution in [0.2, 0.25) is 5.02 Å². The number of nitriles is 1. The number of sulfonamides is 1. The van der Waals surface area contributed by atoms with Crippen LogP contribution in [-0.2, 0) is 14.8 Å². The van der Waals surface area contributed by atoms with E-state index in [1.54, 1.807) is 0 Å². The van der Waals surface area contributed by atoms with Crippen LogP contribution < -0.4 is 5.73 Å². The molecule has 0 aliphatic carbocycles. The van der Waals surface area contributed by atoms with E-state index in [-0.39, 0.29) is 35.3 Å². The molecule has 1 aliphatic rings. The lowest BCUT2D eigenvalue weighted by molar-refractivity contribution is 0.0311. The molecule has 1 atom stereocenters. The Hall–Kier alpha value is -1.40. The predicted molar refractivity (Wildman–Crippen MR) is 69.9 cm³/mol. The number of morpholine rings is 1. The Morgan fingerprint density at radius 2 is 2.25 bits per heavy atom. The SMILES string of the molecule is N#CC1CN(S(=O)(=O)c2cc(N)c(F)cc2Cl)CCO1. The van der Waals surface area contributed by atoms with Gasteiger partial charge >= 0.3 is 0 Å². The number of rotatable bonds is 2. The Balaban J connectivity index is 2.40. The Morgan fingerprint density at radius 1 is 1.55 bits per heavy atom. The summed E-state index contributed by atoms with van der Waals surface area (Å²) in [5, 5.41) is 8.53. The molecule has 1 saturated heterocycles. The monoisotopic (exact) mass is 319 g/mol. The summed E-state index contributed by atoms with van der Waals surface area (Å²) in [7, 11) is -3.95. The molecule has 2 rings (SSSR count). The van der Waals surface area contributed by atoms with E-state index in [1.807, 2.05) is 6.07 Å². The van der Waals surface area contributed by atoms with Crippen molar-refractivity contribution < 1.29 is 17.5 Å². The number of hydrogen-bond acceptors (Lipinski definition) is 5. The van der Waals surface area contributed by atoms with Gasteiger partial charge in [-0.3, -0.25) is 0 Å². The number of ether oxygens (including phenoxy) is 1. The number of benzene rings is 1. The van der Waals surface area contributed by atoms with Gasteiger partial charge in [0.2, 0.25) is 10.0 Å². The quantitative estimate of drug-likeness (QED) is 0.819. The number of nitrogen functional groups attached to an aromatic ring is 1. The van der Waals surface area contributed by atoms with Gasteiger partial charge < -0.3 is 10.5 Å². The number of hydrogen-bond donors (Lipinski definition) is 1. The van der Waals surface area contributed by atoms with Gasteiger partial charge in [0.15, 0.2) is 6.10 Å². The van der Waals surface area contributed by atoms with Gasteiger partial charge in [0.25, 0.3) is 0 Å². The first-order chi connectivity index (χ1) is 9.36. The number of anilines is 1. The average molecular weight is 320 g/mol. The van der Waals surface area contributed by atoms with Gasteiger partial charge in [-0.15, -0.1) is 0 Å². The first kappa shape index (κ1) is 15.0. The van der Waals surface area contributed by atoms with Gasteiger partial charge in [-0.05, 0) is 12.1 Å². The van der Waals surface area contributed by atoms with Crippen molar-refractivity contribution >= 4 is 27.3 Å². The minimum atomic E-state index is -3.95. The highest BCUT2D eigenvalue weighted by molar-refractivity contribution is 7.89. The summed E-state index contributed by atoms with van der Waals surface area (Å²) in [5.74, 6) is -0.786. The summed E-state index contributed by atoms with van der Waals surface area (Å²) in [6.07, 6.45) is -0.838. The van der Waals surface area contributed by atoms with E-state index in [4.69, 9.17) is 27.3 Å². The van der Waals surface area contributed by atoms with E-state index < -0.39 is 21.9 Å². The van der Waals surface area contributed by atoms with E-state index in [1.165, 1.54) is 0 Å². The fraction of sp³-hybridized carbons (Fsp3) is 0.364. The van der Waals surface area contributed by atoms with Crippen molar-refractivity contribution in [2.75, 3.05) is 25.4 Å². The zero-order valence-corrected chi connectivity index (χ0v) is 11.8. The van der Waals surface area contributed by atoms with Crippen molar-refractivity contribution in [2.24, 2.45) is 0 Å². The molecule has 2 N–H and O–H groups in total. The second-order valence-electron chi connectivity index (χ2n) is 4.16. The molecule has 1 aliphatic heterocycles. The Labute approximate surface area is 120 Å². The molecule has 0 amide bonds. The van der Waals surface area contributed by atoms with Crippen LogP contribution in [0.4, 0.5) is 10.1 Å². The Kier molecular flexibility index (Phi) is 4.15. The Bertz CT molecular complexity index is 674. The van der Waals surface area contributed by atoms with Crippen LogP contribution in [0.1, 0.15) is 0 Å². The minimum Gasteiger partial charge on any atom is -0.396 e. The number of nitrogens with two attached hydrogens (primary N) is 1. The third-order valence-corrected chi connectivity index (χ3v) is 5.17. The molecule has 0 saturated carbocycles. The van der Waals surface area contributed by atoms with Crippen molar-refractivity contribution in [1.82, 2.24) is 4.31 Å². The van der Waals surface area contributed by atoms with Crippen LogP contribution >= 0.6 is 11.6 Å². The second-order valence-corrected chi connectivity index (χ2v) is 6.47. The van der Waals surface area contributed by atoms with Crippen molar-refractivity contribution in [1.29, 1.82) is 5.26 Å². The maximum absolute atomic E-state index is 13.2. The lowest BCUT2D eigenvalue weighted by Gasteiger charge is -2.29. The summed E-state index contributed by atoms with van der Waals surface area (Å²) in [6, 6.07) is 3.68. The third-order valence-electron chi connectivity index (χ3n) is 2.84. The van der Waals surface area contributed by atoms with Crippen molar-refractivity contribution in [3.05, 3.63) is 23.0 Å². The van der Waals surface area contributed by atoms with Gasteiger partial charge in [-0.25, -0.2) is 12.8 Å². The molecule has 0 radical (unpaired) electrons. The first-order valence-electron chi connectivity index (χ1n) is 5.62. The zero-order chi connectivity index (χ0) is 14.9. The van der Waals surface area contributed by atoms with Gasteiger partial charge in [-0.1, -0.05) is 11.6 Å². The van der Waals surface area contributed by atoms with Gasteiger partial charge in [0, 0.05) is 6.54 Å². The fourth-order valence-electron chi connectivity index (χ4n) is 1.80. The van der Waals surface area contributed by atoms with Crippen molar-refractivity contribution in [2.45, 2.75) is 11.0 Å². The molecule has 108 valence electrons. The van der Waals surface area contributed by atoms with E-state index in [9.17, 15) is 12.8 Å². The van der Waals surface area contributed by atoms with Gasteiger partial charge in [0.1, 0.15) is 10.7 Å². The van der Waals surface area contributed by atoms with E-state index in [2.05, 4.69) is 0 Å². The highest BCUT2D eigenvalue weighted by atomic mass is 35.5. The first-order valence-corrected chi connectivity index (χ1v) is 7.44. The van der Waals surface area contributed by atoms with Crippen LogP contribution in [0.3, 0.4) is 0 Å². The van der Waals surface area contributed by atoms with E-state index in [0.29, 0.717) is 0 Å². The van der Waals surface area contributed by atoms with E-state index in [0.717, 1.165) is 16.4 Å². The number of nitrogens with zero attached hydrogens (tertiary/aromatic N) is 2. The fourth-order valence-corrected chi connectivity index (χ4v) is 3.75. The molecule has 6 nitrogen and oxygen atoms in total. The summed E-state index contributed by atoms with van der Waals surface area (Å²) in [4.78, 5) is -0.281. The van der Waals surface area contributed by atoms with Crippen LogP contribution in [-0.4, -0.2) is 38.5 Å². The second kappa shape index (κ2) is 5.54.